The van der Waals surface area contributed by atoms with Crippen molar-refractivity contribution in [1.29, 1.82) is 0 Å². The number of hydrogen-bond donors (Lipinski definition) is 1. The highest BCUT2D eigenvalue weighted by Crippen LogP contribution is 2.14. The minimum absolute atomic E-state index is 0.144. The highest BCUT2D eigenvalue weighted by Gasteiger charge is 2.03. The van der Waals surface area contributed by atoms with Gasteiger partial charge in [0.2, 0.25) is 5.91 Å². The minimum atomic E-state index is 0.144. The molecule has 0 saturated carbocycles. The molecule has 0 unspecified atom stereocenters. The van der Waals surface area contributed by atoms with Crippen LogP contribution in [0, 0.1) is 0 Å². The third kappa shape index (κ3) is 5.29. The molecule has 2 bridgehead atoms. The van der Waals surface area contributed by atoms with E-state index in [0.717, 1.165) is 31.4 Å². The molecule has 2 nitrogen and oxygen atoms in total. The fraction of sp³-hybridized carbons (Fsp3) is 0.471. The van der Waals surface area contributed by atoms with Gasteiger partial charge in [0.15, 0.2) is 0 Å². The number of hydrogen-bond acceptors (Lipinski definition) is 1. The van der Waals surface area contributed by atoms with Crippen LogP contribution in [0.2, 0.25) is 0 Å². The fourth-order valence-corrected chi connectivity index (χ4v) is 2.42. The highest BCUT2D eigenvalue weighted by molar-refractivity contribution is 5.90. The number of carbonyl (C=O) groups is 1. The van der Waals surface area contributed by atoms with Crippen LogP contribution in [0.4, 0.5) is 5.69 Å². The van der Waals surface area contributed by atoms with E-state index in [-0.39, 0.29) is 5.91 Å². The van der Waals surface area contributed by atoms with E-state index in [4.69, 9.17) is 0 Å². The van der Waals surface area contributed by atoms with E-state index >= 15 is 0 Å². The molecule has 0 fully saturated rings. The first-order valence-corrected chi connectivity index (χ1v) is 7.38. The van der Waals surface area contributed by atoms with Crippen molar-refractivity contribution in [3.05, 3.63) is 42.0 Å². The summed E-state index contributed by atoms with van der Waals surface area (Å²) in [4.78, 5) is 11.8. The Morgan fingerprint density at radius 3 is 2.68 bits per heavy atom. The van der Waals surface area contributed by atoms with E-state index in [1.807, 2.05) is 12.1 Å². The number of allylic oxidation sites excluding steroid dienone is 2. The van der Waals surface area contributed by atoms with Gasteiger partial charge in [0.25, 0.3) is 0 Å². The second kappa shape index (κ2) is 7.78. The number of fused-ring (bicyclic) bond motifs is 2. The molecule has 0 spiro atoms. The van der Waals surface area contributed by atoms with Crippen molar-refractivity contribution in [1.82, 2.24) is 0 Å². The molecule has 1 heterocycles. The number of benzene rings is 1. The summed E-state index contributed by atoms with van der Waals surface area (Å²) in [5.74, 6) is 0.144. The third-order valence-corrected chi connectivity index (χ3v) is 3.50. The SMILES string of the molecule is O=C1CCCCCC/C=C/CCc2cccc(c2)N1. The number of carbonyl (C=O) groups excluding carboxylic acids is 1. The van der Waals surface area contributed by atoms with Crippen LogP contribution in [-0.4, -0.2) is 5.91 Å². The van der Waals surface area contributed by atoms with Crippen molar-refractivity contribution in [3.8, 4) is 0 Å². The molecule has 2 heteroatoms. The topological polar surface area (TPSA) is 29.1 Å². The Bertz CT molecular complexity index is 437. The molecule has 0 saturated heterocycles. The van der Waals surface area contributed by atoms with Crippen LogP contribution in [0.1, 0.15) is 50.5 Å². The first-order chi connectivity index (χ1) is 9.34. The van der Waals surface area contributed by atoms with Gasteiger partial charge < -0.3 is 5.32 Å². The van der Waals surface area contributed by atoms with E-state index in [2.05, 4.69) is 29.6 Å². The molecule has 1 aromatic rings. The van der Waals surface area contributed by atoms with Gasteiger partial charge >= 0.3 is 0 Å². The smallest absolute Gasteiger partial charge is 0.224 e. The lowest BCUT2D eigenvalue weighted by atomic mass is 10.1. The van der Waals surface area contributed by atoms with Gasteiger partial charge in [0.05, 0.1) is 0 Å². The van der Waals surface area contributed by atoms with E-state index < -0.39 is 0 Å². The molecule has 19 heavy (non-hydrogen) atoms. The molecule has 1 aliphatic rings. The van der Waals surface area contributed by atoms with Gasteiger partial charge in [-0.25, -0.2) is 0 Å². The van der Waals surface area contributed by atoms with Crippen molar-refractivity contribution >= 4 is 11.6 Å². The molecule has 0 aromatic heterocycles. The molecule has 1 N–H and O–H groups in total. The summed E-state index contributed by atoms with van der Waals surface area (Å²) in [5.41, 5.74) is 2.22. The summed E-state index contributed by atoms with van der Waals surface area (Å²) in [6.45, 7) is 0. The fourth-order valence-electron chi connectivity index (χ4n) is 2.42. The lowest BCUT2D eigenvalue weighted by Gasteiger charge is -2.07. The Morgan fingerprint density at radius 1 is 0.895 bits per heavy atom. The predicted octanol–water partition coefficient (Wildman–Crippen LogP) is 4.47. The minimum Gasteiger partial charge on any atom is -0.326 e. The molecule has 2 rings (SSSR count). The molecule has 0 radical (unpaired) electrons. The van der Waals surface area contributed by atoms with Gasteiger partial charge in [-0.05, 0) is 49.8 Å². The second-order valence-electron chi connectivity index (χ2n) is 5.21. The molecule has 1 aromatic carbocycles. The number of anilines is 1. The van der Waals surface area contributed by atoms with E-state index in [1.165, 1.54) is 24.8 Å². The summed E-state index contributed by atoms with van der Waals surface area (Å²) in [6, 6.07) is 8.20. The van der Waals surface area contributed by atoms with Crippen LogP contribution in [0.15, 0.2) is 36.4 Å². The molecule has 0 atom stereocenters. The van der Waals surface area contributed by atoms with Crippen LogP contribution >= 0.6 is 0 Å². The number of rotatable bonds is 0. The van der Waals surface area contributed by atoms with E-state index in [9.17, 15) is 4.79 Å². The normalized spacial score (nSPS) is 19.9. The Balaban J connectivity index is 2.01. The zero-order chi connectivity index (χ0) is 13.3. The summed E-state index contributed by atoms with van der Waals surface area (Å²) in [7, 11) is 0. The summed E-state index contributed by atoms with van der Waals surface area (Å²) in [6.07, 6.45) is 13.1. The summed E-state index contributed by atoms with van der Waals surface area (Å²) >= 11 is 0. The van der Waals surface area contributed by atoms with Gasteiger partial charge in [-0.2, -0.15) is 0 Å². The van der Waals surface area contributed by atoms with Crippen molar-refractivity contribution in [2.24, 2.45) is 0 Å². The number of aryl methyl sites for hydroxylation is 1. The second-order valence-corrected chi connectivity index (χ2v) is 5.21. The number of nitrogens with one attached hydrogen (secondary N) is 1. The summed E-state index contributed by atoms with van der Waals surface area (Å²) in [5, 5.41) is 2.99. The Morgan fingerprint density at radius 2 is 1.74 bits per heavy atom. The Hall–Kier alpha value is -1.57. The van der Waals surface area contributed by atoms with E-state index in [0.29, 0.717) is 6.42 Å². The van der Waals surface area contributed by atoms with E-state index in [1.54, 1.807) is 0 Å². The maximum Gasteiger partial charge on any atom is 0.224 e. The quantitative estimate of drug-likeness (QED) is 0.683. The molecular weight excluding hydrogens is 234 g/mol. The molecular formula is C17H23NO. The molecule has 102 valence electrons. The number of amides is 1. The van der Waals surface area contributed by atoms with Crippen LogP contribution in [0.3, 0.4) is 0 Å². The third-order valence-electron chi connectivity index (χ3n) is 3.50. The van der Waals surface area contributed by atoms with Gasteiger partial charge in [-0.3, -0.25) is 4.79 Å². The van der Waals surface area contributed by atoms with Gasteiger partial charge in [0, 0.05) is 12.1 Å². The average Bonchev–Trinajstić information content (AvgIpc) is 2.41. The Labute approximate surface area is 115 Å². The van der Waals surface area contributed by atoms with Crippen molar-refractivity contribution in [3.63, 3.8) is 0 Å². The maximum absolute atomic E-state index is 11.8. The standard InChI is InChI=1S/C17H23NO/c19-17-13-8-6-4-2-1-3-5-7-10-15-11-9-12-16(14-15)18-17/h3,5,9,11-12,14H,1-2,4,6-8,10,13H2,(H,18,19)/b5-3+. The van der Waals surface area contributed by atoms with Gasteiger partial charge in [-0.15, -0.1) is 0 Å². The Kier molecular flexibility index (Phi) is 5.67. The van der Waals surface area contributed by atoms with Gasteiger partial charge in [0.1, 0.15) is 0 Å². The van der Waals surface area contributed by atoms with Crippen molar-refractivity contribution in [2.75, 3.05) is 5.32 Å². The monoisotopic (exact) mass is 257 g/mol. The first kappa shape index (κ1) is 13.9. The average molecular weight is 257 g/mol. The molecule has 0 aliphatic carbocycles. The van der Waals surface area contributed by atoms with Crippen LogP contribution in [0.25, 0.3) is 0 Å². The maximum atomic E-state index is 11.8. The first-order valence-electron chi connectivity index (χ1n) is 7.38. The largest absolute Gasteiger partial charge is 0.326 e. The van der Waals surface area contributed by atoms with Crippen molar-refractivity contribution in [2.45, 2.75) is 51.4 Å². The predicted molar refractivity (Wildman–Crippen MR) is 80.2 cm³/mol. The van der Waals surface area contributed by atoms with Gasteiger partial charge in [-0.1, -0.05) is 37.1 Å². The highest BCUT2D eigenvalue weighted by atomic mass is 16.1. The lowest BCUT2D eigenvalue weighted by Crippen LogP contribution is -2.11. The molecule has 1 amide bonds. The zero-order valence-electron chi connectivity index (χ0n) is 11.5. The van der Waals surface area contributed by atoms with Crippen molar-refractivity contribution < 1.29 is 4.79 Å². The zero-order valence-corrected chi connectivity index (χ0v) is 11.5. The van der Waals surface area contributed by atoms with Crippen LogP contribution in [-0.2, 0) is 11.2 Å². The summed E-state index contributed by atoms with van der Waals surface area (Å²) < 4.78 is 0. The lowest BCUT2D eigenvalue weighted by molar-refractivity contribution is -0.116. The molecule has 1 aliphatic heterocycles. The van der Waals surface area contributed by atoms with Crippen LogP contribution < -0.4 is 5.32 Å². The van der Waals surface area contributed by atoms with Crippen LogP contribution in [0.5, 0.6) is 0 Å².